The molecule has 1 aliphatic rings. The molecule has 5 rings (SSSR count). The van der Waals surface area contributed by atoms with E-state index < -0.39 is 0 Å². The van der Waals surface area contributed by atoms with E-state index in [1.165, 1.54) is 0 Å². The largest absolute Gasteiger partial charge is 0.378 e. The molecule has 0 spiro atoms. The van der Waals surface area contributed by atoms with Crippen LogP contribution < -0.4 is 15.2 Å². The molecule has 0 saturated carbocycles. The van der Waals surface area contributed by atoms with Crippen molar-refractivity contribution in [2.24, 2.45) is 5.10 Å². The van der Waals surface area contributed by atoms with Gasteiger partial charge in [-0.1, -0.05) is 48.5 Å². The van der Waals surface area contributed by atoms with Crippen LogP contribution in [-0.4, -0.2) is 32.1 Å². The summed E-state index contributed by atoms with van der Waals surface area (Å²) in [6.07, 6.45) is 1.61. The Hall–Kier alpha value is -4.45. The van der Waals surface area contributed by atoms with Gasteiger partial charge in [0.1, 0.15) is 0 Å². The molecule has 6 heteroatoms. The summed E-state index contributed by atoms with van der Waals surface area (Å²) in [4.78, 5) is 29.3. The first-order chi connectivity index (χ1) is 16.5. The molecule has 168 valence electrons. The van der Waals surface area contributed by atoms with Crippen LogP contribution in [0.4, 0.5) is 11.4 Å². The van der Waals surface area contributed by atoms with E-state index in [2.05, 4.69) is 10.5 Å². The summed E-state index contributed by atoms with van der Waals surface area (Å²) in [6.45, 7) is 0.440. The van der Waals surface area contributed by atoms with Crippen LogP contribution in [0.2, 0.25) is 0 Å². The molecule has 0 unspecified atom stereocenters. The molecule has 0 saturated heterocycles. The number of amides is 2. The summed E-state index contributed by atoms with van der Waals surface area (Å²) in [5.41, 5.74) is 7.66. The lowest BCUT2D eigenvalue weighted by Gasteiger charge is -2.18. The average Bonchev–Trinajstić information content (AvgIpc) is 3.13. The number of hydrogen-bond donors (Lipinski definition) is 1. The van der Waals surface area contributed by atoms with Gasteiger partial charge in [-0.3, -0.25) is 9.59 Å². The molecule has 34 heavy (non-hydrogen) atoms. The van der Waals surface area contributed by atoms with Gasteiger partial charge in [-0.25, -0.2) is 5.43 Å². The van der Waals surface area contributed by atoms with Crippen molar-refractivity contribution in [3.05, 3.63) is 107 Å². The lowest BCUT2D eigenvalue weighted by Crippen LogP contribution is -2.26. The van der Waals surface area contributed by atoms with Gasteiger partial charge < -0.3 is 9.80 Å². The Bertz CT molecular complexity index is 1400. The van der Waals surface area contributed by atoms with Gasteiger partial charge in [0.2, 0.25) is 0 Å². The second-order valence-electron chi connectivity index (χ2n) is 8.45. The molecule has 1 heterocycles. The zero-order valence-electron chi connectivity index (χ0n) is 19.0. The van der Waals surface area contributed by atoms with E-state index in [9.17, 15) is 9.59 Å². The highest BCUT2D eigenvalue weighted by Gasteiger charge is 2.29. The van der Waals surface area contributed by atoms with Crippen LogP contribution in [0.1, 0.15) is 31.8 Å². The maximum atomic E-state index is 13.0. The number of benzene rings is 4. The van der Waals surface area contributed by atoms with Gasteiger partial charge in [-0.2, -0.15) is 5.10 Å². The van der Waals surface area contributed by atoms with Gasteiger partial charge in [0, 0.05) is 36.3 Å². The first kappa shape index (κ1) is 21.4. The second kappa shape index (κ2) is 8.83. The Morgan fingerprint density at radius 2 is 1.65 bits per heavy atom. The molecular weight excluding hydrogens is 424 g/mol. The van der Waals surface area contributed by atoms with Crippen molar-refractivity contribution in [3.63, 3.8) is 0 Å². The Kier molecular flexibility index (Phi) is 5.55. The van der Waals surface area contributed by atoms with Crippen LogP contribution in [0.15, 0.2) is 90.0 Å². The zero-order chi connectivity index (χ0) is 23.7. The van der Waals surface area contributed by atoms with Crippen LogP contribution in [0.3, 0.4) is 0 Å². The number of hydrazone groups is 1. The number of carbonyl (C=O) groups excluding carboxylic acids is 2. The molecule has 0 aromatic heterocycles. The average molecular weight is 449 g/mol. The van der Waals surface area contributed by atoms with Gasteiger partial charge in [0.25, 0.3) is 11.8 Å². The van der Waals surface area contributed by atoms with Crippen LogP contribution in [-0.2, 0) is 6.54 Å². The molecule has 0 radical (unpaired) electrons. The number of hydrogen-bond acceptors (Lipinski definition) is 4. The van der Waals surface area contributed by atoms with Crippen LogP contribution in [0.25, 0.3) is 10.8 Å². The zero-order valence-corrected chi connectivity index (χ0v) is 19.0. The van der Waals surface area contributed by atoms with Crippen molar-refractivity contribution in [3.8, 4) is 0 Å². The maximum absolute atomic E-state index is 13.0. The van der Waals surface area contributed by atoms with Crippen molar-refractivity contribution >= 4 is 40.2 Å². The summed E-state index contributed by atoms with van der Waals surface area (Å²) in [7, 11) is 3.97. The van der Waals surface area contributed by atoms with E-state index in [1.807, 2.05) is 91.8 Å². The molecule has 0 aliphatic carbocycles. The van der Waals surface area contributed by atoms with E-state index in [-0.39, 0.29) is 11.8 Å². The third-order valence-electron chi connectivity index (χ3n) is 6.00. The number of nitrogens with one attached hydrogen (secondary N) is 1. The number of carbonyl (C=O) groups is 2. The summed E-state index contributed by atoms with van der Waals surface area (Å²) in [5, 5.41) is 6.12. The Morgan fingerprint density at radius 3 is 2.35 bits per heavy atom. The fraction of sp³-hybridized carbons (Fsp3) is 0.107. The minimum atomic E-state index is -0.290. The topological polar surface area (TPSA) is 65.0 Å². The number of rotatable bonds is 6. The molecule has 2 amide bonds. The summed E-state index contributed by atoms with van der Waals surface area (Å²) in [6, 6.07) is 26.9. The van der Waals surface area contributed by atoms with Gasteiger partial charge in [-0.15, -0.1) is 0 Å². The van der Waals surface area contributed by atoms with Gasteiger partial charge in [-0.05, 0) is 52.9 Å². The number of anilines is 2. The lowest BCUT2D eigenvalue weighted by molar-refractivity contribution is 0.0953. The Balaban J connectivity index is 1.24. The Morgan fingerprint density at radius 1 is 0.941 bits per heavy atom. The van der Waals surface area contributed by atoms with E-state index in [0.717, 1.165) is 38.8 Å². The molecule has 4 aromatic rings. The van der Waals surface area contributed by atoms with E-state index in [1.54, 1.807) is 23.2 Å². The van der Waals surface area contributed by atoms with Crippen molar-refractivity contribution in [1.82, 2.24) is 5.43 Å². The third kappa shape index (κ3) is 4.01. The first-order valence-corrected chi connectivity index (χ1v) is 11.0. The summed E-state index contributed by atoms with van der Waals surface area (Å²) < 4.78 is 0. The standard InChI is InChI=1S/C28H24N4O2/c1-31(2)23-15-11-19(12-16-23)17-29-30-27(33)22-13-9-20(10-14-22)18-32-25-8-4-6-21-5-3-7-24(26(21)25)28(32)34/h3-17H,18H2,1-2H3,(H,30,33). The molecule has 4 aromatic carbocycles. The first-order valence-electron chi connectivity index (χ1n) is 11.0. The normalized spacial score (nSPS) is 12.5. The van der Waals surface area contributed by atoms with Gasteiger partial charge >= 0.3 is 0 Å². The molecule has 1 aliphatic heterocycles. The molecule has 0 atom stereocenters. The molecule has 0 fully saturated rings. The van der Waals surface area contributed by atoms with Gasteiger partial charge in [0.05, 0.1) is 18.4 Å². The lowest BCUT2D eigenvalue weighted by atomic mass is 10.1. The van der Waals surface area contributed by atoms with Crippen molar-refractivity contribution in [2.75, 3.05) is 23.9 Å². The van der Waals surface area contributed by atoms with E-state index >= 15 is 0 Å². The summed E-state index contributed by atoms with van der Waals surface area (Å²) >= 11 is 0. The SMILES string of the molecule is CN(C)c1ccc(C=NNC(=O)c2ccc(CN3C(=O)c4cccc5cccc3c45)cc2)cc1. The third-order valence-corrected chi connectivity index (χ3v) is 6.00. The predicted molar refractivity (Wildman–Crippen MR) is 137 cm³/mol. The fourth-order valence-corrected chi connectivity index (χ4v) is 4.17. The monoisotopic (exact) mass is 448 g/mol. The van der Waals surface area contributed by atoms with Crippen LogP contribution >= 0.6 is 0 Å². The highest BCUT2D eigenvalue weighted by Crippen LogP contribution is 2.37. The molecule has 6 nitrogen and oxygen atoms in total. The van der Waals surface area contributed by atoms with Crippen molar-refractivity contribution in [2.45, 2.75) is 6.54 Å². The van der Waals surface area contributed by atoms with Crippen LogP contribution in [0.5, 0.6) is 0 Å². The second-order valence-corrected chi connectivity index (χ2v) is 8.45. The smallest absolute Gasteiger partial charge is 0.271 e. The highest BCUT2D eigenvalue weighted by molar-refractivity contribution is 6.24. The fourth-order valence-electron chi connectivity index (χ4n) is 4.17. The molecule has 0 bridgehead atoms. The van der Waals surface area contributed by atoms with Crippen molar-refractivity contribution < 1.29 is 9.59 Å². The van der Waals surface area contributed by atoms with E-state index in [4.69, 9.17) is 0 Å². The quantitative estimate of drug-likeness (QED) is 0.339. The Labute approximate surface area is 198 Å². The minimum absolute atomic E-state index is 0.00145. The highest BCUT2D eigenvalue weighted by atomic mass is 16.2. The maximum Gasteiger partial charge on any atom is 0.271 e. The van der Waals surface area contributed by atoms with Gasteiger partial charge in [0.15, 0.2) is 0 Å². The number of nitrogens with zero attached hydrogens (tertiary/aromatic N) is 3. The van der Waals surface area contributed by atoms with Crippen LogP contribution in [0, 0.1) is 0 Å². The minimum Gasteiger partial charge on any atom is -0.378 e. The van der Waals surface area contributed by atoms with E-state index in [0.29, 0.717) is 12.1 Å². The predicted octanol–water partition coefficient (Wildman–Crippen LogP) is 4.83. The molecular formula is C28H24N4O2. The molecule has 1 N–H and O–H groups in total. The van der Waals surface area contributed by atoms with Crippen molar-refractivity contribution in [1.29, 1.82) is 0 Å². The summed E-state index contributed by atoms with van der Waals surface area (Å²) in [5.74, 6) is -0.288.